The van der Waals surface area contributed by atoms with E-state index in [4.69, 9.17) is 5.73 Å². The Morgan fingerprint density at radius 1 is 1.42 bits per heavy atom. The number of anilines is 2. The zero-order valence-corrected chi connectivity index (χ0v) is 12.4. The summed E-state index contributed by atoms with van der Waals surface area (Å²) < 4.78 is 1.83. The minimum absolute atomic E-state index is 0.748. The van der Waals surface area contributed by atoms with Crippen LogP contribution in [0.5, 0.6) is 0 Å². The van der Waals surface area contributed by atoms with Crippen molar-refractivity contribution in [3.8, 4) is 0 Å². The van der Waals surface area contributed by atoms with Gasteiger partial charge in [-0.15, -0.1) is 0 Å². The van der Waals surface area contributed by atoms with Gasteiger partial charge in [0.15, 0.2) is 0 Å². The van der Waals surface area contributed by atoms with Crippen LogP contribution < -0.4 is 11.1 Å². The van der Waals surface area contributed by atoms with E-state index in [9.17, 15) is 0 Å². The molecule has 108 valence electrons. The highest BCUT2D eigenvalue weighted by Gasteiger charge is 2.17. The number of rotatable bonds is 5. The zero-order chi connectivity index (χ0) is 13.8. The number of nitrogen functional groups attached to an aromatic ring is 1. The van der Waals surface area contributed by atoms with Gasteiger partial charge in [0.05, 0.1) is 11.4 Å². The van der Waals surface area contributed by atoms with Gasteiger partial charge in [0.1, 0.15) is 5.82 Å². The molecule has 1 unspecified atom stereocenters. The monoisotopic (exact) mass is 265 g/mol. The second-order valence-electron chi connectivity index (χ2n) is 5.63. The van der Waals surface area contributed by atoms with Gasteiger partial charge in [-0.25, -0.2) is 0 Å². The molecule has 1 aromatic heterocycles. The predicted octanol–water partition coefficient (Wildman–Crippen LogP) is 1.99. The van der Waals surface area contributed by atoms with E-state index in [1.165, 1.54) is 32.4 Å². The lowest BCUT2D eigenvalue weighted by atomic mass is 10.0. The maximum Gasteiger partial charge on any atom is 0.147 e. The lowest BCUT2D eigenvalue weighted by molar-refractivity contribution is 0.160. The molecule has 1 aliphatic rings. The quantitative estimate of drug-likeness (QED) is 0.799. The van der Waals surface area contributed by atoms with Crippen LogP contribution in [-0.2, 0) is 7.05 Å². The molecule has 0 bridgehead atoms. The molecule has 1 atom stereocenters. The standard InChI is InChI=1S/C14H27N5/c1-11-7-4-5-9-19(11)10-6-8-16-14-13(15)12(2)17-18(14)3/h11,16H,4-10,15H2,1-3H3. The van der Waals surface area contributed by atoms with Crippen LogP contribution in [0, 0.1) is 6.92 Å². The van der Waals surface area contributed by atoms with E-state index in [0.29, 0.717) is 0 Å². The van der Waals surface area contributed by atoms with E-state index in [0.717, 1.165) is 36.2 Å². The number of nitrogens with zero attached hydrogens (tertiary/aromatic N) is 3. The first-order valence-corrected chi connectivity index (χ1v) is 7.36. The number of aryl methyl sites for hydroxylation is 2. The molecule has 0 amide bonds. The summed E-state index contributed by atoms with van der Waals surface area (Å²) >= 11 is 0. The number of hydrogen-bond acceptors (Lipinski definition) is 4. The van der Waals surface area contributed by atoms with Gasteiger partial charge in [-0.3, -0.25) is 4.68 Å². The second-order valence-corrected chi connectivity index (χ2v) is 5.63. The maximum absolute atomic E-state index is 5.99. The molecule has 0 spiro atoms. The Balaban J connectivity index is 1.74. The van der Waals surface area contributed by atoms with Crippen LogP contribution in [0.4, 0.5) is 11.5 Å². The molecule has 1 saturated heterocycles. The molecule has 0 aromatic carbocycles. The highest BCUT2D eigenvalue weighted by atomic mass is 15.3. The average molecular weight is 265 g/mol. The van der Waals surface area contributed by atoms with Crippen molar-refractivity contribution in [3.63, 3.8) is 0 Å². The van der Waals surface area contributed by atoms with Crippen molar-refractivity contribution in [1.29, 1.82) is 0 Å². The van der Waals surface area contributed by atoms with E-state index in [1.807, 2.05) is 18.7 Å². The van der Waals surface area contributed by atoms with Gasteiger partial charge in [0.2, 0.25) is 0 Å². The highest BCUT2D eigenvalue weighted by molar-refractivity contribution is 5.64. The fourth-order valence-corrected chi connectivity index (χ4v) is 2.86. The molecule has 0 saturated carbocycles. The van der Waals surface area contributed by atoms with Crippen LogP contribution in [0.1, 0.15) is 38.3 Å². The van der Waals surface area contributed by atoms with Gasteiger partial charge in [-0.05, 0) is 39.7 Å². The Morgan fingerprint density at radius 2 is 2.21 bits per heavy atom. The van der Waals surface area contributed by atoms with Crippen molar-refractivity contribution in [3.05, 3.63) is 5.69 Å². The summed E-state index contributed by atoms with van der Waals surface area (Å²) in [6.07, 6.45) is 5.24. The van der Waals surface area contributed by atoms with Gasteiger partial charge in [0.25, 0.3) is 0 Å². The van der Waals surface area contributed by atoms with Crippen molar-refractivity contribution in [2.24, 2.45) is 7.05 Å². The molecule has 5 nitrogen and oxygen atoms in total. The van der Waals surface area contributed by atoms with E-state index in [-0.39, 0.29) is 0 Å². The number of likely N-dealkylation sites (tertiary alicyclic amines) is 1. The van der Waals surface area contributed by atoms with Crippen LogP contribution in [0.2, 0.25) is 0 Å². The van der Waals surface area contributed by atoms with Gasteiger partial charge in [0, 0.05) is 26.2 Å². The fraction of sp³-hybridized carbons (Fsp3) is 0.786. The Labute approximate surface area is 116 Å². The molecule has 0 aliphatic carbocycles. The first-order chi connectivity index (χ1) is 9.09. The van der Waals surface area contributed by atoms with Gasteiger partial charge in [-0.2, -0.15) is 5.10 Å². The van der Waals surface area contributed by atoms with E-state index in [1.54, 1.807) is 0 Å². The summed E-state index contributed by atoms with van der Waals surface area (Å²) in [5.74, 6) is 0.948. The van der Waals surface area contributed by atoms with Gasteiger partial charge >= 0.3 is 0 Å². The molecule has 3 N–H and O–H groups in total. The highest BCUT2D eigenvalue weighted by Crippen LogP contribution is 2.21. The van der Waals surface area contributed by atoms with Crippen LogP contribution in [0.3, 0.4) is 0 Å². The molecule has 5 heteroatoms. The third-order valence-electron chi connectivity index (χ3n) is 4.12. The van der Waals surface area contributed by atoms with Gasteiger partial charge in [-0.1, -0.05) is 6.42 Å². The normalized spacial score (nSPS) is 20.7. The Bertz CT molecular complexity index is 412. The van der Waals surface area contributed by atoms with Crippen LogP contribution >= 0.6 is 0 Å². The third-order valence-corrected chi connectivity index (χ3v) is 4.12. The van der Waals surface area contributed by atoms with E-state index < -0.39 is 0 Å². The molecule has 1 aromatic rings. The molecule has 1 aliphatic heterocycles. The zero-order valence-electron chi connectivity index (χ0n) is 12.4. The van der Waals surface area contributed by atoms with Crippen LogP contribution in [0.15, 0.2) is 0 Å². The average Bonchev–Trinajstić information content (AvgIpc) is 2.62. The van der Waals surface area contributed by atoms with Crippen LogP contribution in [-0.4, -0.2) is 40.4 Å². The molecular formula is C14H27N5. The van der Waals surface area contributed by atoms with Crippen molar-refractivity contribution in [1.82, 2.24) is 14.7 Å². The summed E-state index contributed by atoms with van der Waals surface area (Å²) in [6.45, 7) is 7.66. The van der Waals surface area contributed by atoms with Crippen molar-refractivity contribution >= 4 is 11.5 Å². The summed E-state index contributed by atoms with van der Waals surface area (Å²) in [6, 6.07) is 0.748. The molecule has 0 radical (unpaired) electrons. The van der Waals surface area contributed by atoms with Crippen molar-refractivity contribution in [2.45, 2.75) is 45.6 Å². The van der Waals surface area contributed by atoms with E-state index in [2.05, 4.69) is 22.2 Å². The van der Waals surface area contributed by atoms with Crippen molar-refractivity contribution < 1.29 is 0 Å². The van der Waals surface area contributed by atoms with Gasteiger partial charge < -0.3 is 16.0 Å². The number of nitrogens with one attached hydrogen (secondary N) is 1. The third kappa shape index (κ3) is 3.41. The molecule has 1 fully saturated rings. The maximum atomic E-state index is 5.99. The molecule has 2 heterocycles. The van der Waals surface area contributed by atoms with Crippen molar-refractivity contribution in [2.75, 3.05) is 30.7 Å². The summed E-state index contributed by atoms with van der Waals surface area (Å²) in [5, 5.41) is 7.72. The topological polar surface area (TPSA) is 59.1 Å². The summed E-state index contributed by atoms with van der Waals surface area (Å²) in [5.41, 5.74) is 7.66. The van der Waals surface area contributed by atoms with E-state index >= 15 is 0 Å². The smallest absolute Gasteiger partial charge is 0.147 e. The fourth-order valence-electron chi connectivity index (χ4n) is 2.86. The Kier molecular flexibility index (Phi) is 4.69. The lowest BCUT2D eigenvalue weighted by Gasteiger charge is -2.33. The minimum Gasteiger partial charge on any atom is -0.394 e. The summed E-state index contributed by atoms with van der Waals surface area (Å²) in [7, 11) is 1.93. The first kappa shape index (κ1) is 14.2. The molecular weight excluding hydrogens is 238 g/mol. The van der Waals surface area contributed by atoms with Crippen LogP contribution in [0.25, 0.3) is 0 Å². The summed E-state index contributed by atoms with van der Waals surface area (Å²) in [4.78, 5) is 2.60. The molecule has 19 heavy (non-hydrogen) atoms. The SMILES string of the molecule is Cc1nn(C)c(NCCCN2CCCCC2C)c1N. The largest absolute Gasteiger partial charge is 0.394 e. The Hall–Kier alpha value is -1.23. The predicted molar refractivity (Wildman–Crippen MR) is 80.4 cm³/mol. The minimum atomic E-state index is 0.748. The number of nitrogens with two attached hydrogens (primary N) is 1. The Morgan fingerprint density at radius 3 is 2.84 bits per heavy atom. The number of hydrogen-bond donors (Lipinski definition) is 2. The molecule has 2 rings (SSSR count). The number of aromatic nitrogens is 2. The lowest BCUT2D eigenvalue weighted by Crippen LogP contribution is -2.38. The second kappa shape index (κ2) is 6.28. The number of piperidine rings is 1. The first-order valence-electron chi connectivity index (χ1n) is 7.36.